The number of thiazole rings is 1. The molecule has 0 saturated carbocycles. The van der Waals surface area contributed by atoms with Gasteiger partial charge in [0.15, 0.2) is 16.3 Å². The third kappa shape index (κ3) is 5.48. The van der Waals surface area contributed by atoms with Crippen LogP contribution in [0.5, 0.6) is 11.5 Å². The predicted molar refractivity (Wildman–Crippen MR) is 163 cm³/mol. The van der Waals surface area contributed by atoms with Gasteiger partial charge in [0.1, 0.15) is 6.61 Å². The molecule has 204 valence electrons. The number of ether oxygens (including phenoxy) is 3. The van der Waals surface area contributed by atoms with E-state index < -0.39 is 12.0 Å². The van der Waals surface area contributed by atoms with Crippen LogP contribution in [0.1, 0.15) is 35.2 Å². The number of hydrogen-bond acceptors (Lipinski definition) is 7. The van der Waals surface area contributed by atoms with Crippen molar-refractivity contribution >= 4 is 46.0 Å². The Morgan fingerprint density at radius 2 is 1.80 bits per heavy atom. The molecule has 1 aliphatic heterocycles. The number of fused-ring (bicyclic) bond motifs is 1. The van der Waals surface area contributed by atoms with E-state index in [-0.39, 0.29) is 5.56 Å². The molecule has 0 spiro atoms. The lowest BCUT2D eigenvalue weighted by Crippen LogP contribution is -2.39. The van der Waals surface area contributed by atoms with Gasteiger partial charge < -0.3 is 14.2 Å². The van der Waals surface area contributed by atoms with E-state index in [1.54, 1.807) is 18.6 Å². The zero-order chi connectivity index (χ0) is 28.4. The molecule has 0 saturated heterocycles. The molecule has 2 heterocycles. The van der Waals surface area contributed by atoms with Gasteiger partial charge in [0.05, 0.1) is 39.6 Å². The van der Waals surface area contributed by atoms with E-state index in [9.17, 15) is 9.59 Å². The van der Waals surface area contributed by atoms with Crippen LogP contribution in [0.15, 0.2) is 87.8 Å². The first kappa shape index (κ1) is 27.9. The number of methoxy groups -OCH3 is 2. The Labute approximate surface area is 249 Å². The van der Waals surface area contributed by atoms with Crippen molar-refractivity contribution in [3.63, 3.8) is 0 Å². The molecule has 0 radical (unpaired) electrons. The van der Waals surface area contributed by atoms with E-state index in [2.05, 4.69) is 39.7 Å². The van der Waals surface area contributed by atoms with Crippen LogP contribution in [0.3, 0.4) is 0 Å². The summed E-state index contributed by atoms with van der Waals surface area (Å²) in [5.41, 5.74) is 4.48. The molecule has 0 aliphatic carbocycles. The summed E-state index contributed by atoms with van der Waals surface area (Å²) in [6.07, 6.45) is 1.82. The van der Waals surface area contributed by atoms with E-state index in [1.165, 1.54) is 24.0 Å². The second kappa shape index (κ2) is 11.8. The minimum atomic E-state index is -0.640. The van der Waals surface area contributed by atoms with Crippen LogP contribution in [0.25, 0.3) is 6.08 Å². The number of carbonyl (C=O) groups is 1. The first-order valence-electron chi connectivity index (χ1n) is 12.5. The second-order valence-electron chi connectivity index (χ2n) is 9.29. The minimum absolute atomic E-state index is 0.236. The summed E-state index contributed by atoms with van der Waals surface area (Å²) in [6.45, 7) is 4.22. The Bertz CT molecular complexity index is 1790. The summed E-state index contributed by atoms with van der Waals surface area (Å²) in [6, 6.07) is 20.8. The number of esters is 1. The maximum absolute atomic E-state index is 13.8. The van der Waals surface area contributed by atoms with Crippen molar-refractivity contribution in [3.8, 4) is 11.5 Å². The number of halogens is 1. The van der Waals surface area contributed by atoms with Crippen molar-refractivity contribution in [2.45, 2.75) is 26.5 Å². The van der Waals surface area contributed by atoms with Crippen molar-refractivity contribution in [3.05, 3.63) is 124 Å². The molecule has 5 rings (SSSR count). The van der Waals surface area contributed by atoms with Crippen molar-refractivity contribution in [1.82, 2.24) is 4.57 Å². The molecule has 0 bridgehead atoms. The lowest BCUT2D eigenvalue weighted by atomic mass is 9.96. The summed E-state index contributed by atoms with van der Waals surface area (Å²) < 4.78 is 19.8. The fourth-order valence-electron chi connectivity index (χ4n) is 4.60. The van der Waals surface area contributed by atoms with Gasteiger partial charge in [-0.2, -0.15) is 0 Å². The van der Waals surface area contributed by atoms with Gasteiger partial charge in [0.2, 0.25) is 0 Å². The number of allylic oxidation sites excluding steroid dienone is 1. The zero-order valence-corrected chi connectivity index (χ0v) is 25.4. The van der Waals surface area contributed by atoms with Crippen LogP contribution in [-0.4, -0.2) is 24.8 Å². The molecule has 0 fully saturated rings. The third-order valence-corrected chi connectivity index (χ3v) is 8.38. The number of nitrogens with zero attached hydrogens (tertiary/aromatic N) is 2. The van der Waals surface area contributed by atoms with Crippen LogP contribution in [0, 0.1) is 10.5 Å². The lowest BCUT2D eigenvalue weighted by Gasteiger charge is -2.24. The maximum Gasteiger partial charge on any atom is 0.338 e. The molecule has 1 aliphatic rings. The first-order chi connectivity index (χ1) is 19.3. The number of aromatic nitrogens is 1. The first-order valence-corrected chi connectivity index (χ1v) is 14.4. The van der Waals surface area contributed by atoms with E-state index in [1.807, 2.05) is 67.6 Å². The third-order valence-electron chi connectivity index (χ3n) is 6.60. The highest BCUT2D eigenvalue weighted by Gasteiger charge is 2.32. The average molecular weight is 667 g/mol. The number of benzene rings is 3. The fraction of sp³-hybridized carbons (Fsp3) is 0.194. The van der Waals surface area contributed by atoms with E-state index in [4.69, 9.17) is 14.2 Å². The van der Waals surface area contributed by atoms with Gasteiger partial charge in [-0.25, -0.2) is 9.79 Å². The highest BCUT2D eigenvalue weighted by atomic mass is 127. The SMILES string of the molecule is COC(=O)C1=C(C)N=c2sc(=Cc3cc(I)c(OCc4ccc(C)cc4)c(OC)c3)c(=O)n2C1c1ccccc1. The Morgan fingerprint density at radius 3 is 2.48 bits per heavy atom. The molecule has 3 aromatic carbocycles. The molecular formula is C31H27IN2O5S. The monoisotopic (exact) mass is 666 g/mol. The number of aryl methyl sites for hydroxylation is 1. The van der Waals surface area contributed by atoms with E-state index >= 15 is 0 Å². The molecule has 1 unspecified atom stereocenters. The molecule has 40 heavy (non-hydrogen) atoms. The molecule has 7 nitrogen and oxygen atoms in total. The van der Waals surface area contributed by atoms with Gasteiger partial charge in [-0.15, -0.1) is 0 Å². The largest absolute Gasteiger partial charge is 0.493 e. The fourth-order valence-corrected chi connectivity index (χ4v) is 6.43. The molecule has 0 N–H and O–H groups in total. The smallest absolute Gasteiger partial charge is 0.338 e. The number of carbonyl (C=O) groups excluding carboxylic acids is 1. The number of rotatable bonds is 7. The van der Waals surface area contributed by atoms with E-state index in [0.717, 1.165) is 20.3 Å². The van der Waals surface area contributed by atoms with Crippen LogP contribution in [0.4, 0.5) is 0 Å². The van der Waals surface area contributed by atoms with Crippen LogP contribution < -0.4 is 24.4 Å². The lowest BCUT2D eigenvalue weighted by molar-refractivity contribution is -0.136. The topological polar surface area (TPSA) is 79.1 Å². The predicted octanol–water partition coefficient (Wildman–Crippen LogP) is 4.91. The quantitative estimate of drug-likeness (QED) is 0.207. The summed E-state index contributed by atoms with van der Waals surface area (Å²) >= 11 is 3.50. The average Bonchev–Trinajstić information content (AvgIpc) is 3.26. The van der Waals surface area contributed by atoms with Crippen LogP contribution in [-0.2, 0) is 16.1 Å². The van der Waals surface area contributed by atoms with Gasteiger partial charge in [0, 0.05) is 0 Å². The van der Waals surface area contributed by atoms with Gasteiger partial charge >= 0.3 is 5.97 Å². The Hall–Kier alpha value is -3.70. The molecule has 9 heteroatoms. The normalized spacial score (nSPS) is 14.9. The Kier molecular flexibility index (Phi) is 8.22. The minimum Gasteiger partial charge on any atom is -0.493 e. The highest BCUT2D eigenvalue weighted by molar-refractivity contribution is 14.1. The van der Waals surface area contributed by atoms with Crippen molar-refractivity contribution in [2.75, 3.05) is 14.2 Å². The molecular weight excluding hydrogens is 639 g/mol. The van der Waals surface area contributed by atoms with Crippen LogP contribution in [0.2, 0.25) is 0 Å². The van der Waals surface area contributed by atoms with Crippen LogP contribution >= 0.6 is 33.9 Å². The molecule has 1 atom stereocenters. The Morgan fingerprint density at radius 1 is 1.07 bits per heavy atom. The van der Waals surface area contributed by atoms with Gasteiger partial charge in [-0.3, -0.25) is 9.36 Å². The maximum atomic E-state index is 13.8. The second-order valence-corrected chi connectivity index (χ2v) is 11.5. The molecule has 1 aromatic heterocycles. The highest BCUT2D eigenvalue weighted by Crippen LogP contribution is 2.35. The summed E-state index contributed by atoms with van der Waals surface area (Å²) in [4.78, 5) is 31.7. The summed E-state index contributed by atoms with van der Waals surface area (Å²) in [7, 11) is 2.93. The number of hydrogen-bond donors (Lipinski definition) is 0. The standard InChI is InChI=1S/C31H27IN2O5S/c1-18-10-12-20(13-11-18)17-39-28-23(32)14-21(15-24(28)37-3)16-25-29(35)34-27(22-8-6-5-7-9-22)26(30(36)38-4)19(2)33-31(34)40-25/h5-16,27H,17H2,1-4H3. The van der Waals surface area contributed by atoms with Crippen molar-refractivity contribution in [1.29, 1.82) is 0 Å². The molecule has 4 aromatic rings. The van der Waals surface area contributed by atoms with Gasteiger partial charge in [-0.05, 0) is 71.3 Å². The Balaban J connectivity index is 1.56. The van der Waals surface area contributed by atoms with Crippen molar-refractivity contribution in [2.24, 2.45) is 4.99 Å². The van der Waals surface area contributed by atoms with Gasteiger partial charge in [-0.1, -0.05) is 71.5 Å². The van der Waals surface area contributed by atoms with Gasteiger partial charge in [0.25, 0.3) is 5.56 Å². The summed E-state index contributed by atoms with van der Waals surface area (Å²) in [5.74, 6) is 0.707. The summed E-state index contributed by atoms with van der Waals surface area (Å²) in [5, 5.41) is 0. The zero-order valence-electron chi connectivity index (χ0n) is 22.4. The molecule has 0 amide bonds. The van der Waals surface area contributed by atoms with E-state index in [0.29, 0.717) is 38.7 Å². The van der Waals surface area contributed by atoms with Crippen molar-refractivity contribution < 1.29 is 19.0 Å².